The van der Waals surface area contributed by atoms with E-state index >= 15 is 0 Å². The zero-order valence-corrected chi connectivity index (χ0v) is 17.6. The number of carbonyl (C=O) groups is 2. The van der Waals surface area contributed by atoms with E-state index in [9.17, 15) is 9.59 Å². The first-order valence-corrected chi connectivity index (χ1v) is 10.5. The Bertz CT molecular complexity index is 915. The van der Waals surface area contributed by atoms with Crippen molar-refractivity contribution in [3.8, 4) is 0 Å². The second-order valence-corrected chi connectivity index (χ2v) is 7.98. The fourth-order valence-corrected chi connectivity index (χ4v) is 4.39. The summed E-state index contributed by atoms with van der Waals surface area (Å²) in [7, 11) is 0. The van der Waals surface area contributed by atoms with Crippen molar-refractivity contribution in [2.24, 2.45) is 0 Å². The van der Waals surface area contributed by atoms with Gasteiger partial charge in [0.15, 0.2) is 0 Å². The molecule has 28 heavy (non-hydrogen) atoms. The highest BCUT2D eigenvalue weighted by molar-refractivity contribution is 8.04. The standard InChI is InChI=1S/C21H19Cl2NO3S/c1-2-27-12-6-11-24-20(25)18(16-10-9-14(22)13-17(16)23)19(21(24)26)28-15-7-4-3-5-8-15/h3-5,7-10,13H,2,6,11-12H2,1H3. The van der Waals surface area contributed by atoms with Gasteiger partial charge in [-0.05, 0) is 37.6 Å². The van der Waals surface area contributed by atoms with Crippen LogP contribution in [0.1, 0.15) is 18.9 Å². The maximum Gasteiger partial charge on any atom is 0.268 e. The lowest BCUT2D eigenvalue weighted by Gasteiger charge is -2.15. The van der Waals surface area contributed by atoms with Crippen LogP contribution in [0.3, 0.4) is 0 Å². The summed E-state index contributed by atoms with van der Waals surface area (Å²) in [5.41, 5.74) is 0.826. The number of benzene rings is 2. The monoisotopic (exact) mass is 435 g/mol. The van der Waals surface area contributed by atoms with Gasteiger partial charge >= 0.3 is 0 Å². The summed E-state index contributed by atoms with van der Waals surface area (Å²) >= 11 is 13.6. The maximum absolute atomic E-state index is 13.1. The highest BCUT2D eigenvalue weighted by Gasteiger charge is 2.39. The molecule has 0 N–H and O–H groups in total. The van der Waals surface area contributed by atoms with Crippen LogP contribution in [0.25, 0.3) is 5.57 Å². The molecule has 2 aromatic carbocycles. The SMILES string of the molecule is CCOCCCN1C(=O)C(Sc2ccccc2)=C(c2ccc(Cl)cc2Cl)C1=O. The molecule has 0 saturated heterocycles. The number of ether oxygens (including phenoxy) is 1. The van der Waals surface area contributed by atoms with Crippen LogP contribution in [0, 0.1) is 0 Å². The minimum atomic E-state index is -0.343. The fraction of sp³-hybridized carbons (Fsp3) is 0.238. The molecule has 146 valence electrons. The number of amides is 2. The number of carbonyl (C=O) groups excluding carboxylic acids is 2. The molecule has 0 bridgehead atoms. The van der Waals surface area contributed by atoms with Crippen molar-refractivity contribution in [2.45, 2.75) is 18.2 Å². The van der Waals surface area contributed by atoms with E-state index in [-0.39, 0.29) is 11.8 Å². The van der Waals surface area contributed by atoms with Gasteiger partial charge in [-0.1, -0.05) is 59.2 Å². The first-order valence-electron chi connectivity index (χ1n) is 8.89. The van der Waals surface area contributed by atoms with Crippen molar-refractivity contribution < 1.29 is 14.3 Å². The molecule has 1 aliphatic heterocycles. The fourth-order valence-electron chi connectivity index (χ4n) is 2.86. The Morgan fingerprint density at radius 3 is 2.46 bits per heavy atom. The van der Waals surface area contributed by atoms with Crippen molar-refractivity contribution in [3.63, 3.8) is 0 Å². The van der Waals surface area contributed by atoms with E-state index < -0.39 is 0 Å². The van der Waals surface area contributed by atoms with Gasteiger partial charge < -0.3 is 4.74 Å². The lowest BCUT2D eigenvalue weighted by Crippen LogP contribution is -2.33. The van der Waals surface area contributed by atoms with Gasteiger partial charge in [0.05, 0.1) is 15.5 Å². The Morgan fingerprint density at radius 2 is 1.79 bits per heavy atom. The second kappa shape index (κ2) is 9.61. The normalized spacial score (nSPS) is 14.3. The van der Waals surface area contributed by atoms with E-state index in [0.717, 1.165) is 4.90 Å². The predicted octanol–water partition coefficient (Wildman–Crippen LogP) is 5.29. The van der Waals surface area contributed by atoms with E-state index in [2.05, 4.69) is 0 Å². The van der Waals surface area contributed by atoms with Crippen LogP contribution in [0.4, 0.5) is 0 Å². The number of halogens is 2. The summed E-state index contributed by atoms with van der Waals surface area (Å²) in [5.74, 6) is -0.652. The predicted molar refractivity (Wildman–Crippen MR) is 114 cm³/mol. The number of rotatable bonds is 8. The number of nitrogens with zero attached hydrogens (tertiary/aromatic N) is 1. The Labute approximate surface area is 178 Å². The third-order valence-electron chi connectivity index (χ3n) is 4.16. The van der Waals surface area contributed by atoms with Crippen molar-refractivity contribution in [3.05, 3.63) is 69.0 Å². The molecule has 2 amide bonds. The molecule has 0 aliphatic carbocycles. The van der Waals surface area contributed by atoms with Crippen LogP contribution in [0.2, 0.25) is 10.0 Å². The zero-order valence-electron chi connectivity index (χ0n) is 15.3. The van der Waals surface area contributed by atoms with E-state index in [1.807, 2.05) is 37.3 Å². The third-order valence-corrected chi connectivity index (χ3v) is 5.80. The molecule has 1 heterocycles. The number of thioether (sulfide) groups is 1. The molecule has 4 nitrogen and oxygen atoms in total. The van der Waals surface area contributed by atoms with Crippen LogP contribution in [0.15, 0.2) is 58.3 Å². The maximum atomic E-state index is 13.1. The lowest BCUT2D eigenvalue weighted by molar-refractivity contribution is -0.136. The average Bonchev–Trinajstić information content (AvgIpc) is 2.90. The quantitative estimate of drug-likeness (QED) is 0.417. The molecule has 7 heteroatoms. The molecule has 3 rings (SSSR count). The van der Waals surface area contributed by atoms with Crippen molar-refractivity contribution >= 4 is 52.4 Å². The highest BCUT2D eigenvalue weighted by Crippen LogP contribution is 2.41. The minimum absolute atomic E-state index is 0.297. The van der Waals surface area contributed by atoms with Gasteiger partial charge in [0.2, 0.25) is 0 Å². The lowest BCUT2D eigenvalue weighted by atomic mass is 10.1. The van der Waals surface area contributed by atoms with Crippen molar-refractivity contribution in [1.82, 2.24) is 4.90 Å². The van der Waals surface area contributed by atoms with Crippen LogP contribution in [-0.2, 0) is 14.3 Å². The van der Waals surface area contributed by atoms with Crippen molar-refractivity contribution in [2.75, 3.05) is 19.8 Å². The molecule has 0 unspecified atom stereocenters. The van der Waals surface area contributed by atoms with Crippen LogP contribution in [0.5, 0.6) is 0 Å². The summed E-state index contributed by atoms with van der Waals surface area (Å²) in [5, 5.41) is 0.808. The zero-order chi connectivity index (χ0) is 20.1. The van der Waals surface area contributed by atoms with Gasteiger partial charge in [0.1, 0.15) is 0 Å². The van der Waals surface area contributed by atoms with Gasteiger partial charge in [0, 0.05) is 35.2 Å². The Hall–Kier alpha value is -1.79. The molecule has 0 spiro atoms. The number of hydrogen-bond donors (Lipinski definition) is 0. The molecule has 0 aromatic heterocycles. The summed E-state index contributed by atoms with van der Waals surface area (Å²) in [6, 6.07) is 14.4. The Balaban J connectivity index is 1.97. The van der Waals surface area contributed by atoms with E-state index in [1.165, 1.54) is 16.7 Å². The van der Waals surface area contributed by atoms with E-state index in [1.54, 1.807) is 18.2 Å². The molecule has 0 radical (unpaired) electrons. The first kappa shape index (κ1) is 20.9. The second-order valence-electron chi connectivity index (χ2n) is 6.06. The average molecular weight is 436 g/mol. The molecule has 0 atom stereocenters. The minimum Gasteiger partial charge on any atom is -0.382 e. The van der Waals surface area contributed by atoms with Gasteiger partial charge in [0.25, 0.3) is 11.8 Å². The van der Waals surface area contributed by atoms with Crippen LogP contribution < -0.4 is 0 Å². The third kappa shape index (κ3) is 4.61. The smallest absolute Gasteiger partial charge is 0.268 e. The van der Waals surface area contributed by atoms with Crippen LogP contribution in [-0.4, -0.2) is 36.5 Å². The molecule has 2 aromatic rings. The van der Waals surface area contributed by atoms with Gasteiger partial charge in [-0.25, -0.2) is 0 Å². The number of imide groups is 1. The largest absolute Gasteiger partial charge is 0.382 e. The van der Waals surface area contributed by atoms with E-state index in [0.29, 0.717) is 52.3 Å². The summed E-state index contributed by atoms with van der Waals surface area (Å²) in [6.07, 6.45) is 0.580. The molecular weight excluding hydrogens is 417 g/mol. The first-order chi connectivity index (χ1) is 13.5. The van der Waals surface area contributed by atoms with Gasteiger partial charge in [-0.15, -0.1) is 0 Å². The molecular formula is C21H19Cl2NO3S. The Morgan fingerprint density at radius 1 is 1.04 bits per heavy atom. The molecule has 1 aliphatic rings. The summed E-state index contributed by atoms with van der Waals surface area (Å²) < 4.78 is 5.33. The van der Waals surface area contributed by atoms with Crippen molar-refractivity contribution in [1.29, 1.82) is 0 Å². The number of hydrogen-bond acceptors (Lipinski definition) is 4. The topological polar surface area (TPSA) is 46.6 Å². The molecule has 0 fully saturated rings. The summed E-state index contributed by atoms with van der Waals surface area (Å²) in [4.78, 5) is 28.7. The van der Waals surface area contributed by atoms with E-state index in [4.69, 9.17) is 27.9 Å². The van der Waals surface area contributed by atoms with Crippen LogP contribution >= 0.6 is 35.0 Å². The van der Waals surface area contributed by atoms with Gasteiger partial charge in [-0.2, -0.15) is 0 Å². The molecule has 0 saturated carbocycles. The Kier molecular flexibility index (Phi) is 7.18. The highest BCUT2D eigenvalue weighted by atomic mass is 35.5. The summed E-state index contributed by atoms with van der Waals surface area (Å²) in [6.45, 7) is 3.29. The van der Waals surface area contributed by atoms with Gasteiger partial charge in [-0.3, -0.25) is 14.5 Å².